The molecule has 0 aromatic heterocycles. The lowest BCUT2D eigenvalue weighted by molar-refractivity contribution is -0.131. The Morgan fingerprint density at radius 2 is 1.91 bits per heavy atom. The molecule has 1 aliphatic rings. The van der Waals surface area contributed by atoms with E-state index in [-0.39, 0.29) is 48.9 Å². The molecule has 1 saturated carbocycles. The Balaban J connectivity index is 1.82. The molecule has 180 valence electrons. The van der Waals surface area contributed by atoms with E-state index in [0.717, 1.165) is 18.4 Å². The molecule has 0 aliphatic heterocycles. The van der Waals surface area contributed by atoms with Gasteiger partial charge in [0.2, 0.25) is 5.91 Å². The number of benzene rings is 1. The fraction of sp³-hybridized carbons (Fsp3) is 0.560. The van der Waals surface area contributed by atoms with Gasteiger partial charge in [0.1, 0.15) is 18.7 Å². The number of ketones is 2. The molecule has 0 bridgehead atoms. The van der Waals surface area contributed by atoms with Crippen molar-refractivity contribution in [2.75, 3.05) is 6.54 Å². The van der Waals surface area contributed by atoms with Crippen LogP contribution in [-0.2, 0) is 30.5 Å². The second-order valence-corrected chi connectivity index (χ2v) is 9.03. The lowest BCUT2D eigenvalue weighted by atomic mass is 9.90. The maximum atomic E-state index is 12.8. The minimum absolute atomic E-state index is 0.0586. The van der Waals surface area contributed by atoms with E-state index in [0.29, 0.717) is 25.5 Å². The molecule has 2 rings (SSSR count). The Bertz CT molecular complexity index is 823. The maximum Gasteiger partial charge on any atom is 0.407 e. The van der Waals surface area contributed by atoms with Crippen LogP contribution in [0.5, 0.6) is 0 Å². The lowest BCUT2D eigenvalue weighted by Crippen LogP contribution is -2.42. The molecule has 1 unspecified atom stereocenters. The van der Waals surface area contributed by atoms with E-state index < -0.39 is 18.1 Å². The standard InChI is InChI=1S/C25H34N2O6/c1-17(2)11-20(24(31)27-21(15-28)12-19-9-6-10-23(19)30)13-22(29)14-26-25(32)33-16-18-7-4-3-5-8-18/h3-5,7-8,15,17,19-21H,6,9-14,16H2,1-2H3,(H,26,32)(H,27,31)/t19?,20-,21+/m1/s1. The van der Waals surface area contributed by atoms with E-state index in [9.17, 15) is 24.0 Å². The highest BCUT2D eigenvalue weighted by Crippen LogP contribution is 2.25. The molecule has 3 atom stereocenters. The van der Waals surface area contributed by atoms with Crippen molar-refractivity contribution in [2.24, 2.45) is 17.8 Å². The first-order valence-corrected chi connectivity index (χ1v) is 11.5. The third kappa shape index (κ3) is 9.55. The van der Waals surface area contributed by atoms with Crippen LogP contribution in [0.25, 0.3) is 0 Å². The van der Waals surface area contributed by atoms with Gasteiger partial charge in [0.25, 0.3) is 0 Å². The molecule has 8 heteroatoms. The van der Waals surface area contributed by atoms with Crippen molar-refractivity contribution in [3.8, 4) is 0 Å². The Labute approximate surface area is 194 Å². The van der Waals surface area contributed by atoms with Gasteiger partial charge in [-0.2, -0.15) is 0 Å². The van der Waals surface area contributed by atoms with Gasteiger partial charge in [-0.15, -0.1) is 0 Å². The second kappa shape index (κ2) is 13.5. The number of hydrogen-bond donors (Lipinski definition) is 2. The van der Waals surface area contributed by atoms with Crippen LogP contribution >= 0.6 is 0 Å². The Morgan fingerprint density at radius 1 is 1.18 bits per heavy atom. The van der Waals surface area contributed by atoms with E-state index in [1.807, 2.05) is 44.2 Å². The number of aldehydes is 1. The second-order valence-electron chi connectivity index (χ2n) is 9.03. The average molecular weight is 459 g/mol. The zero-order chi connectivity index (χ0) is 24.2. The molecule has 8 nitrogen and oxygen atoms in total. The van der Waals surface area contributed by atoms with Gasteiger partial charge in [0.05, 0.1) is 12.6 Å². The van der Waals surface area contributed by atoms with Crippen molar-refractivity contribution in [3.05, 3.63) is 35.9 Å². The normalized spacial score (nSPS) is 17.3. The fourth-order valence-corrected chi connectivity index (χ4v) is 4.04. The first kappa shape index (κ1) is 26.2. The number of amides is 2. The van der Waals surface area contributed by atoms with E-state index in [1.165, 1.54) is 0 Å². The zero-order valence-corrected chi connectivity index (χ0v) is 19.4. The number of ether oxygens (including phenoxy) is 1. The summed E-state index contributed by atoms with van der Waals surface area (Å²) in [7, 11) is 0. The Hall–Kier alpha value is -3.03. The molecule has 1 fully saturated rings. The van der Waals surface area contributed by atoms with Crippen molar-refractivity contribution in [1.29, 1.82) is 0 Å². The molecule has 0 saturated heterocycles. The molecule has 2 N–H and O–H groups in total. The zero-order valence-electron chi connectivity index (χ0n) is 19.4. The predicted octanol–water partition coefficient (Wildman–Crippen LogP) is 2.98. The van der Waals surface area contributed by atoms with Crippen molar-refractivity contribution in [1.82, 2.24) is 10.6 Å². The molecular weight excluding hydrogens is 424 g/mol. The summed E-state index contributed by atoms with van der Waals surface area (Å²) in [6.07, 6.45) is 2.72. The van der Waals surface area contributed by atoms with E-state index in [2.05, 4.69) is 10.6 Å². The monoisotopic (exact) mass is 458 g/mol. The van der Waals surface area contributed by atoms with Crippen LogP contribution in [0.2, 0.25) is 0 Å². The van der Waals surface area contributed by atoms with Crippen LogP contribution in [0.4, 0.5) is 4.79 Å². The number of carbonyl (C=O) groups is 5. The van der Waals surface area contributed by atoms with E-state index in [1.54, 1.807) is 0 Å². The van der Waals surface area contributed by atoms with Crippen LogP contribution in [0.3, 0.4) is 0 Å². The summed E-state index contributed by atoms with van der Waals surface area (Å²) in [6.45, 7) is 3.73. The van der Waals surface area contributed by atoms with Crippen LogP contribution in [-0.4, -0.2) is 42.4 Å². The number of carbonyl (C=O) groups excluding carboxylic acids is 5. The minimum Gasteiger partial charge on any atom is -0.445 e. The van der Waals surface area contributed by atoms with Gasteiger partial charge in [-0.1, -0.05) is 44.2 Å². The average Bonchev–Trinajstić information content (AvgIpc) is 3.19. The van der Waals surface area contributed by atoms with Gasteiger partial charge >= 0.3 is 6.09 Å². The summed E-state index contributed by atoms with van der Waals surface area (Å²) in [5, 5.41) is 5.12. The third-order valence-corrected chi connectivity index (χ3v) is 5.70. The number of Topliss-reactive ketones (excluding diaryl/α,β-unsaturated/α-hetero) is 2. The van der Waals surface area contributed by atoms with Crippen molar-refractivity contribution in [2.45, 2.75) is 65.0 Å². The first-order valence-electron chi connectivity index (χ1n) is 11.5. The maximum absolute atomic E-state index is 12.8. The molecule has 0 radical (unpaired) electrons. The van der Waals surface area contributed by atoms with E-state index >= 15 is 0 Å². The summed E-state index contributed by atoms with van der Waals surface area (Å²) >= 11 is 0. The van der Waals surface area contributed by atoms with Crippen molar-refractivity contribution in [3.63, 3.8) is 0 Å². The summed E-state index contributed by atoms with van der Waals surface area (Å²) < 4.78 is 5.09. The molecule has 1 aromatic carbocycles. The number of hydrogen-bond acceptors (Lipinski definition) is 6. The van der Waals surface area contributed by atoms with Crippen molar-refractivity contribution < 1.29 is 28.7 Å². The number of rotatable bonds is 13. The van der Waals surface area contributed by atoms with Gasteiger partial charge in [0.15, 0.2) is 5.78 Å². The van der Waals surface area contributed by atoms with E-state index in [4.69, 9.17) is 4.74 Å². The highest BCUT2D eigenvalue weighted by Gasteiger charge is 2.30. The van der Waals surface area contributed by atoms with Gasteiger partial charge < -0.3 is 20.2 Å². The highest BCUT2D eigenvalue weighted by molar-refractivity contribution is 5.90. The van der Waals surface area contributed by atoms with Gasteiger partial charge in [-0.05, 0) is 37.2 Å². The minimum atomic E-state index is -0.750. The quantitative estimate of drug-likeness (QED) is 0.439. The fourth-order valence-electron chi connectivity index (χ4n) is 4.04. The van der Waals surface area contributed by atoms with Crippen molar-refractivity contribution >= 4 is 29.9 Å². The van der Waals surface area contributed by atoms with Crippen LogP contribution in [0, 0.1) is 17.8 Å². The summed E-state index contributed by atoms with van der Waals surface area (Å²) in [5.74, 6) is -1.22. The molecule has 0 heterocycles. The number of alkyl carbamates (subject to hydrolysis) is 1. The molecule has 1 aliphatic carbocycles. The molecule has 2 amide bonds. The molecule has 33 heavy (non-hydrogen) atoms. The first-order chi connectivity index (χ1) is 15.8. The predicted molar refractivity (Wildman–Crippen MR) is 122 cm³/mol. The smallest absolute Gasteiger partial charge is 0.407 e. The molecule has 0 spiro atoms. The SMILES string of the molecule is CC(C)C[C@H](CC(=O)CNC(=O)OCc1ccccc1)C(=O)N[C@H](C=O)CC1CCCC1=O. The highest BCUT2D eigenvalue weighted by atomic mass is 16.5. The van der Waals surface area contributed by atoms with Gasteiger partial charge in [-0.3, -0.25) is 14.4 Å². The number of nitrogens with one attached hydrogen (secondary N) is 2. The topological polar surface area (TPSA) is 119 Å². The summed E-state index contributed by atoms with van der Waals surface area (Å²) in [6, 6.07) is 8.42. The molecule has 1 aromatic rings. The largest absolute Gasteiger partial charge is 0.445 e. The van der Waals surface area contributed by atoms with Crippen LogP contribution in [0.15, 0.2) is 30.3 Å². The third-order valence-electron chi connectivity index (χ3n) is 5.70. The van der Waals surface area contributed by atoms with Crippen LogP contribution < -0.4 is 10.6 Å². The summed E-state index contributed by atoms with van der Waals surface area (Å²) in [4.78, 5) is 60.5. The van der Waals surface area contributed by atoms with Crippen LogP contribution in [0.1, 0.15) is 57.9 Å². The van der Waals surface area contributed by atoms with Gasteiger partial charge in [-0.25, -0.2) is 4.79 Å². The van der Waals surface area contributed by atoms with Gasteiger partial charge in [0, 0.05) is 24.7 Å². The Morgan fingerprint density at radius 3 is 2.52 bits per heavy atom. The molecular formula is C25H34N2O6. The summed E-state index contributed by atoms with van der Waals surface area (Å²) in [5.41, 5.74) is 0.830. The Kier molecular flexibility index (Phi) is 10.7. The lowest BCUT2D eigenvalue weighted by Gasteiger charge is -2.22.